The molecule has 2 aromatic heterocycles. The van der Waals surface area contributed by atoms with Crippen LogP contribution in [0.2, 0.25) is 0 Å². The molecule has 2 heterocycles. The Kier molecular flexibility index (Phi) is 3.74. The molecule has 126 valence electrons. The minimum absolute atomic E-state index is 0.102. The van der Waals surface area contributed by atoms with E-state index < -0.39 is 35.7 Å². The number of benzene rings is 1. The van der Waals surface area contributed by atoms with Crippen LogP contribution >= 0.6 is 0 Å². The summed E-state index contributed by atoms with van der Waals surface area (Å²) in [6.07, 6.45) is -2.66. The molecular weight excluding hydrogens is 335 g/mol. The van der Waals surface area contributed by atoms with Crippen LogP contribution in [0.25, 0.3) is 5.52 Å². The van der Waals surface area contributed by atoms with Crippen molar-refractivity contribution in [3.8, 4) is 5.75 Å². The number of fused-ring (bicyclic) bond motifs is 1. The smallest absolute Gasteiger partial charge is 0.435 e. The number of nitrogens with two attached hydrogens (primary N) is 1. The topological polar surface area (TPSA) is 65.4 Å². The molecule has 3 rings (SSSR count). The molecule has 0 aliphatic rings. The number of halogens is 5. The maximum Gasteiger partial charge on any atom is 0.435 e. The zero-order valence-electron chi connectivity index (χ0n) is 11.8. The van der Waals surface area contributed by atoms with E-state index in [1.807, 2.05) is 0 Å². The lowest BCUT2D eigenvalue weighted by atomic mass is 10.2. The number of imidazole rings is 1. The summed E-state index contributed by atoms with van der Waals surface area (Å²) in [5.41, 5.74) is 3.17. The number of nitrogen functional groups attached to an aromatic ring is 1. The fraction of sp³-hybridized carbons (Fsp3) is 0.143. The second-order valence-corrected chi connectivity index (χ2v) is 4.83. The van der Waals surface area contributed by atoms with Gasteiger partial charge in [-0.1, -0.05) is 0 Å². The van der Waals surface area contributed by atoms with E-state index in [9.17, 15) is 22.0 Å². The fourth-order valence-corrected chi connectivity index (χ4v) is 2.07. The predicted molar refractivity (Wildman–Crippen MR) is 73.1 cm³/mol. The fourth-order valence-electron chi connectivity index (χ4n) is 2.07. The van der Waals surface area contributed by atoms with Gasteiger partial charge < -0.3 is 10.5 Å². The van der Waals surface area contributed by atoms with Crippen LogP contribution in [0, 0.1) is 11.6 Å². The van der Waals surface area contributed by atoms with Gasteiger partial charge in [0.1, 0.15) is 30.0 Å². The molecule has 0 fully saturated rings. The van der Waals surface area contributed by atoms with E-state index in [2.05, 4.69) is 10.1 Å². The molecule has 0 unspecified atom stereocenters. The third-order valence-corrected chi connectivity index (χ3v) is 3.24. The number of ether oxygens (including phenoxy) is 1. The first-order valence-corrected chi connectivity index (χ1v) is 6.53. The number of hydrogen-bond acceptors (Lipinski definition) is 4. The lowest BCUT2D eigenvalue weighted by molar-refractivity contribution is -0.139. The Morgan fingerprint density at radius 2 is 1.96 bits per heavy atom. The summed E-state index contributed by atoms with van der Waals surface area (Å²) in [4.78, 5) is 3.25. The van der Waals surface area contributed by atoms with Crippen molar-refractivity contribution in [1.29, 1.82) is 0 Å². The van der Waals surface area contributed by atoms with Gasteiger partial charge >= 0.3 is 6.18 Å². The Balaban J connectivity index is 1.90. The van der Waals surface area contributed by atoms with Gasteiger partial charge in [0.15, 0.2) is 11.5 Å². The van der Waals surface area contributed by atoms with Crippen LogP contribution in [0.15, 0.2) is 30.7 Å². The molecule has 0 amide bonds. The molecule has 0 saturated heterocycles. The number of anilines is 1. The third-order valence-electron chi connectivity index (χ3n) is 3.24. The highest BCUT2D eigenvalue weighted by Crippen LogP contribution is 2.32. The average molecular weight is 344 g/mol. The van der Waals surface area contributed by atoms with Crippen LogP contribution in [0.3, 0.4) is 0 Å². The van der Waals surface area contributed by atoms with Gasteiger partial charge in [-0.25, -0.2) is 18.3 Å². The zero-order valence-corrected chi connectivity index (χ0v) is 11.8. The zero-order chi connectivity index (χ0) is 17.5. The molecule has 0 spiro atoms. The van der Waals surface area contributed by atoms with Crippen molar-refractivity contribution in [3.05, 3.63) is 53.6 Å². The minimum Gasteiger partial charge on any atom is -0.487 e. The van der Waals surface area contributed by atoms with Crippen LogP contribution in [-0.2, 0) is 12.8 Å². The van der Waals surface area contributed by atoms with Crippen LogP contribution < -0.4 is 10.5 Å². The van der Waals surface area contributed by atoms with Crippen LogP contribution in [0.4, 0.5) is 27.6 Å². The normalized spacial score (nSPS) is 11.9. The van der Waals surface area contributed by atoms with E-state index in [-0.39, 0.29) is 17.0 Å². The Labute approximate surface area is 131 Å². The highest BCUT2D eigenvalue weighted by molar-refractivity contribution is 5.55. The van der Waals surface area contributed by atoms with Crippen molar-refractivity contribution in [2.45, 2.75) is 12.8 Å². The SMILES string of the molecule is Nc1ccc(F)c(COc2cnn3cnc(C(F)(F)F)c3c2)c1F. The van der Waals surface area contributed by atoms with E-state index in [0.717, 1.165) is 35.2 Å². The molecule has 0 aliphatic heterocycles. The van der Waals surface area contributed by atoms with Crippen LogP contribution in [0.1, 0.15) is 11.3 Å². The quantitative estimate of drug-likeness (QED) is 0.585. The summed E-state index contributed by atoms with van der Waals surface area (Å²) in [5.74, 6) is -1.96. The van der Waals surface area contributed by atoms with Gasteiger partial charge in [0, 0.05) is 6.07 Å². The van der Waals surface area contributed by atoms with Crippen molar-refractivity contribution >= 4 is 11.2 Å². The Hall–Kier alpha value is -2.91. The summed E-state index contributed by atoms with van der Waals surface area (Å²) < 4.78 is 71.9. The molecule has 0 atom stereocenters. The molecule has 0 aliphatic carbocycles. The molecular formula is C14H9F5N4O. The second kappa shape index (κ2) is 5.62. The standard InChI is InChI=1S/C14H9F5N4O/c15-9-1-2-10(20)12(16)8(9)5-24-7-3-11-13(14(17,18)19)21-6-23(11)22-4-7/h1-4,6H,5,20H2. The van der Waals surface area contributed by atoms with Crippen molar-refractivity contribution in [2.24, 2.45) is 0 Å². The van der Waals surface area contributed by atoms with Crippen molar-refractivity contribution in [1.82, 2.24) is 14.6 Å². The molecule has 10 heteroatoms. The van der Waals surface area contributed by atoms with E-state index in [1.165, 1.54) is 0 Å². The van der Waals surface area contributed by atoms with Gasteiger partial charge in [-0.2, -0.15) is 18.3 Å². The first-order valence-electron chi connectivity index (χ1n) is 6.53. The average Bonchev–Trinajstić information content (AvgIpc) is 2.94. The minimum atomic E-state index is -4.67. The van der Waals surface area contributed by atoms with Gasteiger partial charge in [-0.05, 0) is 12.1 Å². The van der Waals surface area contributed by atoms with Gasteiger partial charge in [0.2, 0.25) is 0 Å². The number of nitrogens with zero attached hydrogens (tertiary/aromatic N) is 3. The molecule has 3 aromatic rings. The van der Waals surface area contributed by atoms with Crippen molar-refractivity contribution in [2.75, 3.05) is 5.73 Å². The monoisotopic (exact) mass is 344 g/mol. The summed E-state index contributed by atoms with van der Waals surface area (Å²) in [7, 11) is 0. The maximum absolute atomic E-state index is 13.8. The van der Waals surface area contributed by atoms with Crippen LogP contribution in [-0.4, -0.2) is 14.6 Å². The molecule has 1 aromatic carbocycles. The van der Waals surface area contributed by atoms with E-state index in [4.69, 9.17) is 10.5 Å². The Bertz CT molecular complexity index is 906. The molecule has 2 N–H and O–H groups in total. The highest BCUT2D eigenvalue weighted by Gasteiger charge is 2.36. The molecule has 0 bridgehead atoms. The largest absolute Gasteiger partial charge is 0.487 e. The van der Waals surface area contributed by atoms with E-state index >= 15 is 0 Å². The van der Waals surface area contributed by atoms with E-state index in [1.54, 1.807) is 0 Å². The summed E-state index contributed by atoms with van der Waals surface area (Å²) in [6.45, 7) is -0.559. The van der Waals surface area contributed by atoms with Crippen LogP contribution in [0.5, 0.6) is 5.75 Å². The molecule has 0 radical (unpaired) electrons. The lowest BCUT2D eigenvalue weighted by Crippen LogP contribution is -2.07. The number of rotatable bonds is 3. The van der Waals surface area contributed by atoms with E-state index in [0.29, 0.717) is 0 Å². The third kappa shape index (κ3) is 2.82. The predicted octanol–water partition coefficient (Wildman–Crippen LogP) is 3.19. The summed E-state index contributed by atoms with van der Waals surface area (Å²) in [6, 6.07) is 3.06. The van der Waals surface area contributed by atoms with Gasteiger partial charge in [-0.15, -0.1) is 0 Å². The Morgan fingerprint density at radius 1 is 1.21 bits per heavy atom. The molecule has 0 saturated carbocycles. The second-order valence-electron chi connectivity index (χ2n) is 4.83. The number of hydrogen-bond donors (Lipinski definition) is 1. The molecule has 5 nitrogen and oxygen atoms in total. The Morgan fingerprint density at radius 3 is 2.67 bits per heavy atom. The van der Waals surface area contributed by atoms with Crippen molar-refractivity contribution < 1.29 is 26.7 Å². The lowest BCUT2D eigenvalue weighted by Gasteiger charge is -2.10. The maximum atomic E-state index is 13.8. The van der Waals surface area contributed by atoms with Gasteiger partial charge in [-0.3, -0.25) is 0 Å². The van der Waals surface area contributed by atoms with Crippen molar-refractivity contribution in [3.63, 3.8) is 0 Å². The first kappa shape index (κ1) is 16.0. The summed E-state index contributed by atoms with van der Waals surface area (Å²) in [5, 5.41) is 3.71. The highest BCUT2D eigenvalue weighted by atomic mass is 19.4. The molecule has 24 heavy (non-hydrogen) atoms. The number of aromatic nitrogens is 3. The summed E-state index contributed by atoms with van der Waals surface area (Å²) >= 11 is 0. The first-order chi connectivity index (χ1) is 11.3. The van der Waals surface area contributed by atoms with Gasteiger partial charge in [0.25, 0.3) is 0 Å². The van der Waals surface area contributed by atoms with Gasteiger partial charge in [0.05, 0.1) is 17.4 Å². The number of alkyl halides is 3.